The number of aliphatic hydroxyl groups excluding tert-OH is 1. The first-order valence-corrected chi connectivity index (χ1v) is 4.35. The van der Waals surface area contributed by atoms with E-state index in [1.54, 1.807) is 11.8 Å². The minimum Gasteiger partial charge on any atom is -0.394 e. The molecule has 1 fully saturated rings. The van der Waals surface area contributed by atoms with Gasteiger partial charge < -0.3 is 10.8 Å². The summed E-state index contributed by atoms with van der Waals surface area (Å²) in [5.74, 6) is -2.58. The molecule has 5 heteroatoms. The Morgan fingerprint density at radius 2 is 2.23 bits per heavy atom. The van der Waals surface area contributed by atoms with Crippen LogP contribution in [-0.2, 0) is 0 Å². The van der Waals surface area contributed by atoms with Crippen LogP contribution in [-0.4, -0.2) is 47.7 Å². The Hall–Kier alpha value is -0.260. The van der Waals surface area contributed by atoms with E-state index in [0.29, 0.717) is 13.1 Å². The van der Waals surface area contributed by atoms with Crippen molar-refractivity contribution in [3.05, 3.63) is 0 Å². The van der Waals surface area contributed by atoms with Crippen LogP contribution in [0.1, 0.15) is 13.3 Å². The third kappa shape index (κ3) is 3.17. The molecule has 0 spiro atoms. The van der Waals surface area contributed by atoms with E-state index in [-0.39, 0.29) is 19.6 Å². The fourth-order valence-electron chi connectivity index (χ4n) is 1.50. The number of alkyl halides is 2. The maximum absolute atomic E-state index is 12.7. The van der Waals surface area contributed by atoms with Crippen molar-refractivity contribution in [2.24, 2.45) is 5.73 Å². The number of nitrogens with zero attached hydrogens (tertiary/aromatic N) is 1. The topological polar surface area (TPSA) is 49.5 Å². The predicted molar refractivity (Wildman–Crippen MR) is 45.7 cm³/mol. The van der Waals surface area contributed by atoms with Crippen LogP contribution in [0.25, 0.3) is 0 Å². The predicted octanol–water partition coefficient (Wildman–Crippen LogP) is 0.0371. The van der Waals surface area contributed by atoms with Gasteiger partial charge in [-0.25, -0.2) is 8.78 Å². The van der Waals surface area contributed by atoms with Gasteiger partial charge in [0, 0.05) is 25.0 Å². The summed E-state index contributed by atoms with van der Waals surface area (Å²) in [6.45, 7) is 1.91. The molecule has 1 saturated heterocycles. The Kier molecular flexibility index (Phi) is 2.89. The number of aliphatic hydroxyl groups is 1. The van der Waals surface area contributed by atoms with Gasteiger partial charge >= 0.3 is 0 Å². The number of hydrogen-bond donors (Lipinski definition) is 2. The largest absolute Gasteiger partial charge is 0.394 e. The zero-order valence-corrected chi connectivity index (χ0v) is 7.76. The van der Waals surface area contributed by atoms with Crippen LogP contribution in [0, 0.1) is 0 Å². The lowest BCUT2D eigenvalue weighted by Crippen LogP contribution is -2.50. The molecule has 0 saturated carbocycles. The first-order valence-electron chi connectivity index (χ1n) is 4.35. The van der Waals surface area contributed by atoms with E-state index < -0.39 is 11.5 Å². The average molecular weight is 194 g/mol. The Labute approximate surface area is 76.5 Å². The van der Waals surface area contributed by atoms with Crippen molar-refractivity contribution >= 4 is 0 Å². The fourth-order valence-corrected chi connectivity index (χ4v) is 1.50. The highest BCUT2D eigenvalue weighted by Crippen LogP contribution is 2.27. The summed E-state index contributed by atoms with van der Waals surface area (Å²) in [5.41, 5.74) is 4.87. The van der Waals surface area contributed by atoms with Crippen LogP contribution in [0.15, 0.2) is 0 Å². The first-order chi connectivity index (χ1) is 5.85. The molecular weight excluding hydrogens is 178 g/mol. The van der Waals surface area contributed by atoms with Crippen LogP contribution < -0.4 is 5.73 Å². The monoisotopic (exact) mass is 194 g/mol. The van der Waals surface area contributed by atoms with Crippen molar-refractivity contribution < 1.29 is 13.9 Å². The SMILES string of the molecule is CC(N)(CO)CN1CCC(F)(F)C1. The normalized spacial score (nSPS) is 27.5. The van der Waals surface area contributed by atoms with E-state index in [1.807, 2.05) is 0 Å². The van der Waals surface area contributed by atoms with Gasteiger partial charge in [-0.2, -0.15) is 0 Å². The zero-order chi connectivity index (χ0) is 10.1. The van der Waals surface area contributed by atoms with Gasteiger partial charge in [0.1, 0.15) is 0 Å². The molecule has 78 valence electrons. The Morgan fingerprint density at radius 3 is 2.62 bits per heavy atom. The molecule has 1 aliphatic heterocycles. The molecule has 1 unspecified atom stereocenters. The highest BCUT2D eigenvalue weighted by atomic mass is 19.3. The first kappa shape index (κ1) is 10.8. The molecule has 3 N–H and O–H groups in total. The second kappa shape index (κ2) is 3.48. The standard InChI is InChI=1S/C8H16F2N2O/c1-7(11,6-13)4-12-3-2-8(9,10)5-12/h13H,2-6,11H2,1H3. The van der Waals surface area contributed by atoms with Crippen molar-refractivity contribution in [2.45, 2.75) is 24.8 Å². The lowest BCUT2D eigenvalue weighted by Gasteiger charge is -2.27. The van der Waals surface area contributed by atoms with Crippen molar-refractivity contribution in [3.8, 4) is 0 Å². The molecule has 1 aliphatic rings. The summed E-state index contributed by atoms with van der Waals surface area (Å²) in [5, 5.41) is 8.85. The average Bonchev–Trinajstić information content (AvgIpc) is 2.29. The highest BCUT2D eigenvalue weighted by Gasteiger charge is 2.39. The Bertz CT molecular complexity index is 185. The van der Waals surface area contributed by atoms with E-state index in [1.165, 1.54) is 0 Å². The van der Waals surface area contributed by atoms with Gasteiger partial charge in [0.05, 0.1) is 13.2 Å². The lowest BCUT2D eigenvalue weighted by atomic mass is 10.1. The maximum atomic E-state index is 12.7. The maximum Gasteiger partial charge on any atom is 0.261 e. The molecule has 0 aliphatic carbocycles. The molecule has 0 aromatic heterocycles. The van der Waals surface area contributed by atoms with Crippen LogP contribution in [0.3, 0.4) is 0 Å². The van der Waals surface area contributed by atoms with Gasteiger partial charge in [0.2, 0.25) is 0 Å². The number of hydrogen-bond acceptors (Lipinski definition) is 3. The zero-order valence-electron chi connectivity index (χ0n) is 7.76. The molecule has 0 aromatic carbocycles. The number of nitrogens with two attached hydrogens (primary N) is 1. The van der Waals surface area contributed by atoms with E-state index in [0.717, 1.165) is 0 Å². The number of rotatable bonds is 3. The van der Waals surface area contributed by atoms with Gasteiger partial charge in [-0.3, -0.25) is 4.90 Å². The summed E-state index contributed by atoms with van der Waals surface area (Å²) in [6.07, 6.45) is -0.103. The Morgan fingerprint density at radius 1 is 1.62 bits per heavy atom. The molecular formula is C8H16F2N2O. The van der Waals surface area contributed by atoms with Gasteiger partial charge in [-0.15, -0.1) is 0 Å². The van der Waals surface area contributed by atoms with Crippen molar-refractivity contribution in [2.75, 3.05) is 26.2 Å². The van der Waals surface area contributed by atoms with Crippen molar-refractivity contribution in [1.82, 2.24) is 4.90 Å². The van der Waals surface area contributed by atoms with Crippen molar-refractivity contribution in [3.63, 3.8) is 0 Å². The second-order valence-corrected chi connectivity index (χ2v) is 4.13. The molecule has 1 atom stereocenters. The lowest BCUT2D eigenvalue weighted by molar-refractivity contribution is 0.00934. The quantitative estimate of drug-likeness (QED) is 0.666. The minimum atomic E-state index is -2.58. The molecule has 1 rings (SSSR count). The molecule has 0 aromatic rings. The molecule has 3 nitrogen and oxygen atoms in total. The summed E-state index contributed by atoms with van der Waals surface area (Å²) in [7, 11) is 0. The third-order valence-corrected chi connectivity index (χ3v) is 2.19. The van der Waals surface area contributed by atoms with Crippen molar-refractivity contribution in [1.29, 1.82) is 0 Å². The molecule has 0 radical (unpaired) electrons. The number of likely N-dealkylation sites (tertiary alicyclic amines) is 1. The summed E-state index contributed by atoms with van der Waals surface area (Å²) < 4.78 is 25.5. The summed E-state index contributed by atoms with van der Waals surface area (Å²) in [6, 6.07) is 0. The molecule has 0 bridgehead atoms. The minimum absolute atomic E-state index is 0.103. The van der Waals surface area contributed by atoms with E-state index in [2.05, 4.69) is 0 Å². The molecule has 0 amide bonds. The second-order valence-electron chi connectivity index (χ2n) is 4.13. The van der Waals surface area contributed by atoms with Crippen LogP contribution in [0.4, 0.5) is 8.78 Å². The number of halogens is 2. The smallest absolute Gasteiger partial charge is 0.261 e. The Balaban J connectivity index is 2.40. The van der Waals surface area contributed by atoms with Crippen LogP contribution >= 0.6 is 0 Å². The van der Waals surface area contributed by atoms with Gasteiger partial charge in [0.15, 0.2) is 0 Å². The molecule has 1 heterocycles. The van der Waals surface area contributed by atoms with E-state index >= 15 is 0 Å². The fraction of sp³-hybridized carbons (Fsp3) is 1.00. The van der Waals surface area contributed by atoms with Gasteiger partial charge in [0.25, 0.3) is 5.92 Å². The van der Waals surface area contributed by atoms with Gasteiger partial charge in [-0.05, 0) is 6.92 Å². The molecule has 13 heavy (non-hydrogen) atoms. The van der Waals surface area contributed by atoms with E-state index in [4.69, 9.17) is 10.8 Å². The van der Waals surface area contributed by atoms with Crippen LogP contribution in [0.5, 0.6) is 0 Å². The van der Waals surface area contributed by atoms with Crippen LogP contribution in [0.2, 0.25) is 0 Å². The summed E-state index contributed by atoms with van der Waals surface area (Å²) >= 11 is 0. The van der Waals surface area contributed by atoms with Gasteiger partial charge in [-0.1, -0.05) is 0 Å². The van der Waals surface area contributed by atoms with E-state index in [9.17, 15) is 8.78 Å². The highest BCUT2D eigenvalue weighted by molar-refractivity contribution is 4.88. The summed E-state index contributed by atoms with van der Waals surface area (Å²) in [4.78, 5) is 1.59. The third-order valence-electron chi connectivity index (χ3n) is 2.19.